The van der Waals surface area contributed by atoms with Gasteiger partial charge in [-0.2, -0.15) is 13.2 Å². The lowest BCUT2D eigenvalue weighted by Crippen LogP contribution is -2.41. The lowest BCUT2D eigenvalue weighted by molar-refractivity contribution is -0.137. The summed E-state index contributed by atoms with van der Waals surface area (Å²) in [5, 5.41) is 0. The third-order valence-electron chi connectivity index (χ3n) is 4.49. The molecule has 1 aliphatic rings. The summed E-state index contributed by atoms with van der Waals surface area (Å²) in [7, 11) is 0. The van der Waals surface area contributed by atoms with Crippen LogP contribution in [0.15, 0.2) is 24.3 Å². The van der Waals surface area contributed by atoms with Crippen LogP contribution in [0.4, 0.5) is 18.0 Å². The van der Waals surface area contributed by atoms with Crippen molar-refractivity contribution in [2.45, 2.75) is 58.4 Å². The molecule has 0 aromatic heterocycles. The second kappa shape index (κ2) is 8.95. The van der Waals surface area contributed by atoms with Gasteiger partial charge in [-0.3, -0.25) is 0 Å². The number of piperidine rings is 1. The molecule has 1 aromatic carbocycles. The third kappa shape index (κ3) is 7.40. The Hall–Kier alpha value is -1.76. The lowest BCUT2D eigenvalue weighted by Gasteiger charge is -2.33. The molecule has 7 heteroatoms. The van der Waals surface area contributed by atoms with Gasteiger partial charge in [0, 0.05) is 19.7 Å². The van der Waals surface area contributed by atoms with Crippen LogP contribution in [0.1, 0.15) is 51.2 Å². The number of ether oxygens (including phenoxy) is 2. The Morgan fingerprint density at radius 3 is 2.22 bits per heavy atom. The fourth-order valence-electron chi connectivity index (χ4n) is 2.96. The standard InChI is InChI=1S/C20H28F3NO3/c1-19(2,3)27-18(25)24-11-8-15(9-12-24)10-13-26-14-16-4-6-17(7-5-16)20(21,22)23/h4-7,15H,8-14H2,1-3H3. The lowest BCUT2D eigenvalue weighted by atomic mass is 9.94. The number of rotatable bonds is 5. The molecule has 0 saturated carbocycles. The van der Waals surface area contributed by atoms with Crippen molar-refractivity contribution in [3.05, 3.63) is 35.4 Å². The van der Waals surface area contributed by atoms with Crippen molar-refractivity contribution < 1.29 is 27.4 Å². The molecule has 1 amide bonds. The molecule has 1 heterocycles. The second-order valence-electron chi connectivity index (χ2n) is 7.95. The first-order chi connectivity index (χ1) is 12.5. The Balaban J connectivity index is 1.64. The molecule has 1 aliphatic heterocycles. The smallest absolute Gasteiger partial charge is 0.416 e. The number of alkyl halides is 3. The number of carbonyl (C=O) groups is 1. The molecule has 0 atom stereocenters. The molecule has 0 aliphatic carbocycles. The van der Waals surface area contributed by atoms with Crippen molar-refractivity contribution >= 4 is 6.09 Å². The molecule has 0 unspecified atom stereocenters. The highest BCUT2D eigenvalue weighted by Crippen LogP contribution is 2.29. The molecule has 0 N–H and O–H groups in total. The van der Waals surface area contributed by atoms with Gasteiger partial charge in [0.25, 0.3) is 0 Å². The summed E-state index contributed by atoms with van der Waals surface area (Å²) in [6.07, 6.45) is -1.89. The maximum Gasteiger partial charge on any atom is 0.416 e. The SMILES string of the molecule is CC(C)(C)OC(=O)N1CCC(CCOCc2ccc(C(F)(F)F)cc2)CC1. The van der Waals surface area contributed by atoms with E-state index in [1.807, 2.05) is 20.8 Å². The van der Waals surface area contributed by atoms with Crippen LogP contribution in [0.3, 0.4) is 0 Å². The topological polar surface area (TPSA) is 38.8 Å². The maximum atomic E-state index is 12.5. The van der Waals surface area contributed by atoms with Crippen LogP contribution in [-0.4, -0.2) is 36.3 Å². The van der Waals surface area contributed by atoms with E-state index in [2.05, 4.69) is 0 Å². The summed E-state index contributed by atoms with van der Waals surface area (Å²) in [4.78, 5) is 13.8. The van der Waals surface area contributed by atoms with E-state index in [1.165, 1.54) is 12.1 Å². The fourth-order valence-corrected chi connectivity index (χ4v) is 2.96. The summed E-state index contributed by atoms with van der Waals surface area (Å²) in [6, 6.07) is 5.04. The van der Waals surface area contributed by atoms with Crippen LogP contribution in [-0.2, 0) is 22.3 Å². The highest BCUT2D eigenvalue weighted by Gasteiger charge is 2.30. The van der Waals surface area contributed by atoms with Crippen LogP contribution in [0, 0.1) is 5.92 Å². The summed E-state index contributed by atoms with van der Waals surface area (Å²) < 4.78 is 48.6. The summed E-state index contributed by atoms with van der Waals surface area (Å²) in [5.41, 5.74) is -0.411. The molecule has 1 aromatic rings. The number of likely N-dealkylation sites (tertiary alicyclic amines) is 1. The molecule has 152 valence electrons. The van der Waals surface area contributed by atoms with Crippen LogP contribution in [0.25, 0.3) is 0 Å². The monoisotopic (exact) mass is 387 g/mol. The molecule has 0 radical (unpaired) electrons. The predicted octanol–water partition coefficient (Wildman–Crippen LogP) is 5.26. The van der Waals surface area contributed by atoms with Crippen molar-refractivity contribution in [3.8, 4) is 0 Å². The maximum absolute atomic E-state index is 12.5. The summed E-state index contributed by atoms with van der Waals surface area (Å²) in [6.45, 7) is 7.77. The first-order valence-electron chi connectivity index (χ1n) is 9.26. The van der Waals surface area contributed by atoms with Gasteiger partial charge in [0.1, 0.15) is 5.60 Å². The van der Waals surface area contributed by atoms with E-state index in [-0.39, 0.29) is 6.09 Å². The van der Waals surface area contributed by atoms with Crippen molar-refractivity contribution in [1.82, 2.24) is 4.90 Å². The number of benzene rings is 1. The summed E-state index contributed by atoms with van der Waals surface area (Å²) in [5.74, 6) is 0.483. The summed E-state index contributed by atoms with van der Waals surface area (Å²) >= 11 is 0. The predicted molar refractivity (Wildman–Crippen MR) is 96.2 cm³/mol. The molecular formula is C20H28F3NO3. The molecule has 0 spiro atoms. The van der Waals surface area contributed by atoms with E-state index in [9.17, 15) is 18.0 Å². The molecule has 2 rings (SSSR count). The highest BCUT2D eigenvalue weighted by molar-refractivity contribution is 5.68. The Morgan fingerprint density at radius 1 is 1.11 bits per heavy atom. The largest absolute Gasteiger partial charge is 0.444 e. The average Bonchev–Trinajstić information content (AvgIpc) is 2.57. The quantitative estimate of drug-likeness (QED) is 0.647. The number of nitrogens with zero attached hydrogens (tertiary/aromatic N) is 1. The number of halogens is 3. The van der Waals surface area contributed by atoms with Gasteiger partial charge in [-0.15, -0.1) is 0 Å². The van der Waals surface area contributed by atoms with Crippen LogP contribution in [0.5, 0.6) is 0 Å². The van der Waals surface area contributed by atoms with Gasteiger partial charge in [0.2, 0.25) is 0 Å². The van der Waals surface area contributed by atoms with E-state index < -0.39 is 17.3 Å². The number of hydrogen-bond acceptors (Lipinski definition) is 3. The first-order valence-corrected chi connectivity index (χ1v) is 9.26. The van der Waals surface area contributed by atoms with Crippen molar-refractivity contribution in [2.75, 3.05) is 19.7 Å². The Kier molecular flexibility index (Phi) is 7.14. The molecule has 1 fully saturated rings. The molecule has 1 saturated heterocycles. The van der Waals surface area contributed by atoms with Gasteiger partial charge in [0.15, 0.2) is 0 Å². The molecular weight excluding hydrogens is 359 g/mol. The van der Waals surface area contributed by atoms with E-state index >= 15 is 0 Å². The van der Waals surface area contributed by atoms with Crippen LogP contribution >= 0.6 is 0 Å². The second-order valence-corrected chi connectivity index (χ2v) is 7.95. The van der Waals surface area contributed by atoms with Gasteiger partial charge in [-0.05, 0) is 63.6 Å². The Labute approximate surface area is 158 Å². The van der Waals surface area contributed by atoms with E-state index in [1.54, 1.807) is 4.90 Å². The van der Waals surface area contributed by atoms with Crippen molar-refractivity contribution in [2.24, 2.45) is 5.92 Å². The molecule has 27 heavy (non-hydrogen) atoms. The zero-order valence-electron chi connectivity index (χ0n) is 16.1. The minimum atomic E-state index is -4.31. The minimum Gasteiger partial charge on any atom is -0.444 e. The fraction of sp³-hybridized carbons (Fsp3) is 0.650. The van der Waals surface area contributed by atoms with Crippen molar-refractivity contribution in [3.63, 3.8) is 0 Å². The van der Waals surface area contributed by atoms with E-state index in [4.69, 9.17) is 9.47 Å². The van der Waals surface area contributed by atoms with Crippen LogP contribution < -0.4 is 0 Å². The molecule has 0 bridgehead atoms. The molecule has 4 nitrogen and oxygen atoms in total. The van der Waals surface area contributed by atoms with Gasteiger partial charge in [-0.1, -0.05) is 12.1 Å². The van der Waals surface area contributed by atoms with Gasteiger partial charge < -0.3 is 14.4 Å². The Morgan fingerprint density at radius 2 is 1.70 bits per heavy atom. The van der Waals surface area contributed by atoms with Gasteiger partial charge >= 0.3 is 12.3 Å². The number of hydrogen-bond donors (Lipinski definition) is 0. The minimum absolute atomic E-state index is 0.264. The first kappa shape index (κ1) is 21.5. The van der Waals surface area contributed by atoms with Gasteiger partial charge in [-0.25, -0.2) is 4.79 Å². The van der Waals surface area contributed by atoms with Gasteiger partial charge in [0.05, 0.1) is 12.2 Å². The van der Waals surface area contributed by atoms with Crippen molar-refractivity contribution in [1.29, 1.82) is 0 Å². The Bertz CT molecular complexity index is 600. The van der Waals surface area contributed by atoms with E-state index in [0.717, 1.165) is 37.0 Å². The van der Waals surface area contributed by atoms with Crippen LogP contribution in [0.2, 0.25) is 0 Å². The normalized spacial score (nSPS) is 16.4. The third-order valence-corrected chi connectivity index (χ3v) is 4.49. The zero-order valence-corrected chi connectivity index (χ0v) is 16.1. The van der Waals surface area contributed by atoms with E-state index in [0.29, 0.717) is 32.2 Å². The number of amides is 1. The average molecular weight is 387 g/mol. The highest BCUT2D eigenvalue weighted by atomic mass is 19.4. The zero-order chi connectivity index (χ0) is 20.1. The number of carbonyl (C=O) groups excluding carboxylic acids is 1.